The molecule has 1 saturated heterocycles. The number of carbonyl (C=O) groups is 1. The molecule has 36 heavy (non-hydrogen) atoms. The van der Waals surface area contributed by atoms with E-state index in [9.17, 15) is 9.59 Å². The number of hydrogen-bond donors (Lipinski definition) is 1. The Bertz CT molecular complexity index is 1470. The van der Waals surface area contributed by atoms with Crippen LogP contribution in [0.4, 0.5) is 5.82 Å². The van der Waals surface area contributed by atoms with Crippen molar-refractivity contribution in [3.63, 3.8) is 0 Å². The first-order chi connectivity index (χ1) is 17.4. The van der Waals surface area contributed by atoms with Crippen LogP contribution in [0, 0.1) is 5.41 Å². The summed E-state index contributed by atoms with van der Waals surface area (Å²) in [5, 5.41) is 0. The van der Waals surface area contributed by atoms with E-state index in [4.69, 9.17) is 10.5 Å². The Morgan fingerprint density at radius 2 is 1.75 bits per heavy atom. The lowest BCUT2D eigenvalue weighted by molar-refractivity contribution is -0.128. The number of benzene rings is 2. The molecule has 3 heterocycles. The van der Waals surface area contributed by atoms with Gasteiger partial charge < -0.3 is 15.4 Å². The maximum absolute atomic E-state index is 13.7. The summed E-state index contributed by atoms with van der Waals surface area (Å²) in [6.45, 7) is 7.41. The molecular formula is C27H28N6O3. The molecule has 0 radical (unpaired) electrons. The smallest absolute Gasteiger partial charge is 0.335 e. The standard InChI is InChI=1S/C27H28N6O3/c1-3-22(34)31-15-13-27(2,14-16-31)17-32-25-23(24(28)29-18-30-25)33(26(32)35)19-9-11-21(12-10-19)36-20-7-5-4-6-8-20/h3-12,18H,1,13-17H2,2H3,(H2,28,29,30). The number of ether oxygens (including phenoxy) is 1. The molecule has 9 heteroatoms. The quantitative estimate of drug-likeness (QED) is 0.418. The maximum Gasteiger partial charge on any atom is 0.335 e. The topological polar surface area (TPSA) is 108 Å². The molecule has 1 fully saturated rings. The molecule has 1 aliphatic rings. The van der Waals surface area contributed by atoms with E-state index in [1.54, 1.807) is 14.0 Å². The third-order valence-electron chi connectivity index (χ3n) is 6.80. The van der Waals surface area contributed by atoms with Crippen LogP contribution in [0.3, 0.4) is 0 Å². The van der Waals surface area contributed by atoms with Crippen molar-refractivity contribution in [1.29, 1.82) is 0 Å². The van der Waals surface area contributed by atoms with E-state index < -0.39 is 0 Å². The lowest BCUT2D eigenvalue weighted by Crippen LogP contribution is -2.44. The van der Waals surface area contributed by atoms with Crippen molar-refractivity contribution >= 4 is 22.9 Å². The van der Waals surface area contributed by atoms with Crippen molar-refractivity contribution < 1.29 is 9.53 Å². The van der Waals surface area contributed by atoms with Crippen LogP contribution in [-0.4, -0.2) is 43.0 Å². The van der Waals surface area contributed by atoms with Crippen molar-refractivity contribution in [2.75, 3.05) is 18.8 Å². The molecule has 0 bridgehead atoms. The van der Waals surface area contributed by atoms with Gasteiger partial charge >= 0.3 is 5.69 Å². The minimum Gasteiger partial charge on any atom is -0.457 e. The van der Waals surface area contributed by atoms with Gasteiger partial charge in [0.15, 0.2) is 11.5 Å². The van der Waals surface area contributed by atoms with E-state index >= 15 is 0 Å². The number of amides is 1. The first kappa shape index (κ1) is 23.3. The van der Waals surface area contributed by atoms with Crippen molar-refractivity contribution in [2.45, 2.75) is 26.3 Å². The number of nitrogens with zero attached hydrogens (tertiary/aromatic N) is 5. The van der Waals surface area contributed by atoms with Crippen LogP contribution >= 0.6 is 0 Å². The number of nitrogens with two attached hydrogens (primary N) is 1. The first-order valence-corrected chi connectivity index (χ1v) is 11.8. The van der Waals surface area contributed by atoms with Crippen LogP contribution < -0.4 is 16.2 Å². The van der Waals surface area contributed by atoms with Gasteiger partial charge in [0.1, 0.15) is 23.3 Å². The summed E-state index contributed by atoms with van der Waals surface area (Å²) in [5.41, 5.74) is 7.42. The molecule has 184 valence electrons. The van der Waals surface area contributed by atoms with Crippen LogP contribution in [0.5, 0.6) is 11.5 Å². The molecule has 2 N–H and O–H groups in total. The van der Waals surface area contributed by atoms with E-state index in [0.717, 1.165) is 18.6 Å². The van der Waals surface area contributed by atoms with E-state index in [-0.39, 0.29) is 22.8 Å². The van der Waals surface area contributed by atoms with Gasteiger partial charge in [-0.3, -0.25) is 13.9 Å². The van der Waals surface area contributed by atoms with Crippen molar-refractivity contribution in [3.8, 4) is 17.2 Å². The fourth-order valence-corrected chi connectivity index (χ4v) is 4.71. The average Bonchev–Trinajstić information content (AvgIpc) is 3.17. The molecule has 1 aliphatic heterocycles. The number of anilines is 1. The normalized spacial score (nSPS) is 15.1. The zero-order valence-electron chi connectivity index (χ0n) is 20.1. The van der Waals surface area contributed by atoms with Gasteiger partial charge in [-0.25, -0.2) is 14.8 Å². The molecule has 2 aromatic carbocycles. The number of hydrogen-bond acceptors (Lipinski definition) is 6. The summed E-state index contributed by atoms with van der Waals surface area (Å²) in [6.07, 6.45) is 4.24. The number of nitrogen functional groups attached to an aromatic ring is 1. The maximum atomic E-state index is 13.7. The molecule has 9 nitrogen and oxygen atoms in total. The van der Waals surface area contributed by atoms with Crippen molar-refractivity contribution in [3.05, 3.63) is 84.1 Å². The summed E-state index contributed by atoms with van der Waals surface area (Å²) in [7, 11) is 0. The molecule has 0 aliphatic carbocycles. The van der Waals surface area contributed by atoms with Gasteiger partial charge in [-0.1, -0.05) is 31.7 Å². The minimum absolute atomic E-state index is 0.0639. The Morgan fingerprint density at radius 1 is 1.08 bits per heavy atom. The predicted octanol–water partition coefficient (Wildman–Crippen LogP) is 3.77. The van der Waals surface area contributed by atoms with Crippen LogP contribution in [0.2, 0.25) is 0 Å². The molecule has 5 rings (SSSR count). The summed E-state index contributed by atoms with van der Waals surface area (Å²) in [6, 6.07) is 16.7. The van der Waals surface area contributed by atoms with Crippen LogP contribution in [-0.2, 0) is 11.3 Å². The van der Waals surface area contributed by atoms with Crippen LogP contribution in [0.15, 0.2) is 78.4 Å². The second kappa shape index (κ2) is 9.33. The second-order valence-corrected chi connectivity index (χ2v) is 9.38. The fourth-order valence-electron chi connectivity index (χ4n) is 4.71. The highest BCUT2D eigenvalue weighted by molar-refractivity contribution is 5.87. The number of fused-ring (bicyclic) bond motifs is 1. The van der Waals surface area contributed by atoms with Gasteiger partial charge in [0, 0.05) is 19.6 Å². The number of aromatic nitrogens is 4. The molecule has 2 aromatic heterocycles. The molecule has 4 aromatic rings. The molecule has 0 saturated carbocycles. The first-order valence-electron chi connectivity index (χ1n) is 11.8. The highest BCUT2D eigenvalue weighted by Gasteiger charge is 2.33. The number of para-hydroxylation sites is 1. The van der Waals surface area contributed by atoms with Gasteiger partial charge in [0.05, 0.1) is 5.69 Å². The average molecular weight is 485 g/mol. The van der Waals surface area contributed by atoms with Gasteiger partial charge in [0.25, 0.3) is 0 Å². The van der Waals surface area contributed by atoms with Gasteiger partial charge in [-0.05, 0) is 60.7 Å². The Balaban J connectivity index is 1.48. The number of carbonyl (C=O) groups excluding carboxylic acids is 1. The van der Waals surface area contributed by atoms with E-state index in [1.165, 1.54) is 12.4 Å². The Hall–Kier alpha value is -4.40. The van der Waals surface area contributed by atoms with Crippen molar-refractivity contribution in [1.82, 2.24) is 24.0 Å². The Morgan fingerprint density at radius 3 is 2.42 bits per heavy atom. The summed E-state index contributed by atoms with van der Waals surface area (Å²) < 4.78 is 9.11. The number of piperidine rings is 1. The Kier molecular flexibility index (Phi) is 6.05. The van der Waals surface area contributed by atoms with Gasteiger partial charge in [-0.2, -0.15) is 0 Å². The highest BCUT2D eigenvalue weighted by atomic mass is 16.5. The third kappa shape index (κ3) is 4.35. The predicted molar refractivity (Wildman–Crippen MR) is 138 cm³/mol. The molecule has 0 atom stereocenters. The van der Waals surface area contributed by atoms with E-state index in [2.05, 4.69) is 23.5 Å². The molecular weight excluding hydrogens is 456 g/mol. The largest absolute Gasteiger partial charge is 0.457 e. The molecule has 1 amide bonds. The van der Waals surface area contributed by atoms with Gasteiger partial charge in [-0.15, -0.1) is 0 Å². The van der Waals surface area contributed by atoms with Crippen molar-refractivity contribution in [2.24, 2.45) is 5.41 Å². The fraction of sp³-hybridized carbons (Fsp3) is 0.259. The minimum atomic E-state index is -0.236. The zero-order chi connectivity index (χ0) is 25.3. The summed E-state index contributed by atoms with van der Waals surface area (Å²) in [5.74, 6) is 1.55. The summed E-state index contributed by atoms with van der Waals surface area (Å²) in [4.78, 5) is 36.1. The summed E-state index contributed by atoms with van der Waals surface area (Å²) >= 11 is 0. The monoisotopic (exact) mass is 484 g/mol. The second-order valence-electron chi connectivity index (χ2n) is 9.38. The highest BCUT2D eigenvalue weighted by Crippen LogP contribution is 2.34. The number of imidazole rings is 1. The molecule has 0 unspecified atom stereocenters. The van der Waals surface area contributed by atoms with E-state index in [1.807, 2.05) is 54.6 Å². The lowest BCUT2D eigenvalue weighted by Gasteiger charge is -2.39. The van der Waals surface area contributed by atoms with E-state index in [0.29, 0.717) is 42.2 Å². The number of likely N-dealkylation sites (tertiary alicyclic amines) is 1. The Labute approximate surface area is 208 Å². The number of rotatable bonds is 6. The third-order valence-corrected chi connectivity index (χ3v) is 6.80. The SMILES string of the molecule is C=CC(=O)N1CCC(C)(Cn2c(=O)n(-c3ccc(Oc4ccccc4)cc3)c3c(N)ncnc32)CC1. The van der Waals surface area contributed by atoms with Crippen LogP contribution in [0.1, 0.15) is 19.8 Å². The lowest BCUT2D eigenvalue weighted by atomic mass is 9.80. The van der Waals surface area contributed by atoms with Crippen LogP contribution in [0.25, 0.3) is 16.9 Å². The molecule has 0 spiro atoms. The van der Waals surface area contributed by atoms with Gasteiger partial charge in [0.2, 0.25) is 5.91 Å². The zero-order valence-corrected chi connectivity index (χ0v) is 20.1.